The van der Waals surface area contributed by atoms with E-state index in [1.807, 2.05) is 0 Å². The van der Waals surface area contributed by atoms with Crippen molar-refractivity contribution in [2.45, 2.75) is 38.1 Å². The number of nitrogen functional groups attached to an aromatic ring is 1. The summed E-state index contributed by atoms with van der Waals surface area (Å²) in [6, 6.07) is 21.3. The van der Waals surface area contributed by atoms with Crippen molar-refractivity contribution in [3.05, 3.63) is 77.9 Å². The van der Waals surface area contributed by atoms with Crippen LogP contribution >= 0.6 is 0 Å². The molecule has 0 atom stereocenters. The number of nitrogens with one attached hydrogen (secondary N) is 1. The highest BCUT2D eigenvalue weighted by atomic mass is 16.5. The molecule has 1 fully saturated rings. The Labute approximate surface area is 187 Å². The first-order chi connectivity index (χ1) is 15.6. The van der Waals surface area contributed by atoms with Crippen molar-refractivity contribution >= 4 is 11.6 Å². The molecule has 4 rings (SSSR count). The topological polar surface area (TPSA) is 97.4 Å². The number of nitrogens with two attached hydrogens (primary N) is 1. The molecule has 0 aromatic heterocycles. The molecule has 0 aliphatic heterocycles. The Hall–Kier alpha value is -3.98. The molecule has 0 radical (unpaired) electrons. The zero-order valence-electron chi connectivity index (χ0n) is 17.7. The number of anilines is 1. The number of carbonyl (C=O) groups is 1. The molecule has 1 amide bonds. The highest BCUT2D eigenvalue weighted by molar-refractivity contribution is 5.95. The summed E-state index contributed by atoms with van der Waals surface area (Å²) in [5.74, 6) is 1.97. The maximum atomic E-state index is 13.0. The summed E-state index contributed by atoms with van der Waals surface area (Å²) in [5, 5.41) is 12.1. The standard InChI is InChI=1S/C26H25N3O3/c27-17-18-6-10-22(11-7-18)31-24-14-19(26(30)29-21-4-2-1-3-5-21)15-25(16-24)32-23-12-8-20(28)9-13-23/h6-16,21H,1-5,28H2,(H,29,30). The first kappa shape index (κ1) is 21.3. The van der Waals surface area contributed by atoms with Crippen LogP contribution in [-0.4, -0.2) is 11.9 Å². The molecule has 1 aliphatic carbocycles. The van der Waals surface area contributed by atoms with Gasteiger partial charge in [0, 0.05) is 23.4 Å². The summed E-state index contributed by atoms with van der Waals surface area (Å²) in [4.78, 5) is 13.0. The van der Waals surface area contributed by atoms with Gasteiger partial charge in [0.1, 0.15) is 23.0 Å². The Kier molecular flexibility index (Phi) is 6.57. The highest BCUT2D eigenvalue weighted by Gasteiger charge is 2.18. The van der Waals surface area contributed by atoms with E-state index in [1.165, 1.54) is 6.42 Å². The van der Waals surface area contributed by atoms with Gasteiger partial charge in [-0.15, -0.1) is 0 Å². The SMILES string of the molecule is N#Cc1ccc(Oc2cc(Oc3ccc(N)cc3)cc(C(=O)NC3CCCCC3)c2)cc1. The second-order valence-corrected chi connectivity index (χ2v) is 7.91. The van der Waals surface area contributed by atoms with Crippen molar-refractivity contribution in [2.24, 2.45) is 0 Å². The van der Waals surface area contributed by atoms with E-state index in [0.29, 0.717) is 39.8 Å². The maximum Gasteiger partial charge on any atom is 0.251 e. The molecule has 0 spiro atoms. The number of ether oxygens (including phenoxy) is 2. The molecule has 1 aliphatic rings. The third-order valence-corrected chi connectivity index (χ3v) is 5.42. The fraction of sp³-hybridized carbons (Fsp3) is 0.231. The van der Waals surface area contributed by atoms with E-state index in [9.17, 15) is 4.79 Å². The minimum Gasteiger partial charge on any atom is -0.457 e. The molecule has 0 unspecified atom stereocenters. The fourth-order valence-electron chi connectivity index (χ4n) is 3.74. The molecule has 162 valence electrons. The quantitative estimate of drug-likeness (QED) is 0.486. The number of nitrogens with zero attached hydrogens (tertiary/aromatic N) is 1. The summed E-state index contributed by atoms with van der Waals surface area (Å²) in [7, 11) is 0. The number of hydrogen-bond donors (Lipinski definition) is 2. The van der Waals surface area contributed by atoms with Gasteiger partial charge in [0.05, 0.1) is 11.6 Å². The number of nitriles is 1. The van der Waals surface area contributed by atoms with Crippen LogP contribution in [0.3, 0.4) is 0 Å². The molecule has 1 saturated carbocycles. The van der Waals surface area contributed by atoms with E-state index in [-0.39, 0.29) is 11.9 Å². The minimum atomic E-state index is -0.149. The zero-order valence-corrected chi connectivity index (χ0v) is 17.7. The van der Waals surface area contributed by atoms with Crippen LogP contribution in [0.1, 0.15) is 48.0 Å². The van der Waals surface area contributed by atoms with Crippen LogP contribution < -0.4 is 20.5 Å². The zero-order chi connectivity index (χ0) is 22.3. The van der Waals surface area contributed by atoms with E-state index >= 15 is 0 Å². The summed E-state index contributed by atoms with van der Waals surface area (Å²) in [5.41, 5.74) is 7.41. The number of carbonyl (C=O) groups excluding carboxylic acids is 1. The molecule has 6 heteroatoms. The summed E-state index contributed by atoms with van der Waals surface area (Å²) < 4.78 is 11.9. The summed E-state index contributed by atoms with van der Waals surface area (Å²) in [6.07, 6.45) is 5.50. The molecule has 0 bridgehead atoms. The molecular formula is C26H25N3O3. The lowest BCUT2D eigenvalue weighted by Gasteiger charge is -2.23. The van der Waals surface area contributed by atoms with E-state index < -0.39 is 0 Å². The average Bonchev–Trinajstić information content (AvgIpc) is 2.81. The van der Waals surface area contributed by atoms with Crippen molar-refractivity contribution < 1.29 is 14.3 Å². The Bertz CT molecular complexity index is 1110. The van der Waals surface area contributed by atoms with Crippen molar-refractivity contribution in [3.8, 4) is 29.1 Å². The average molecular weight is 428 g/mol. The lowest BCUT2D eigenvalue weighted by Crippen LogP contribution is -2.36. The monoisotopic (exact) mass is 427 g/mol. The van der Waals surface area contributed by atoms with Crippen molar-refractivity contribution in [1.29, 1.82) is 5.26 Å². The van der Waals surface area contributed by atoms with Crippen LogP contribution in [0.5, 0.6) is 23.0 Å². The molecule has 32 heavy (non-hydrogen) atoms. The van der Waals surface area contributed by atoms with Gasteiger partial charge in [0.25, 0.3) is 5.91 Å². The first-order valence-electron chi connectivity index (χ1n) is 10.8. The first-order valence-corrected chi connectivity index (χ1v) is 10.8. The van der Waals surface area contributed by atoms with Gasteiger partial charge in [-0.2, -0.15) is 5.26 Å². The van der Waals surface area contributed by atoms with E-state index in [4.69, 9.17) is 20.5 Å². The Morgan fingerprint density at radius 3 is 1.97 bits per heavy atom. The van der Waals surface area contributed by atoms with Gasteiger partial charge in [-0.25, -0.2) is 0 Å². The maximum absolute atomic E-state index is 13.0. The lowest BCUT2D eigenvalue weighted by atomic mass is 9.95. The summed E-state index contributed by atoms with van der Waals surface area (Å²) in [6.45, 7) is 0. The van der Waals surface area contributed by atoms with Crippen molar-refractivity contribution in [2.75, 3.05) is 5.73 Å². The molecule has 3 N–H and O–H groups in total. The Balaban J connectivity index is 1.59. The van der Waals surface area contributed by atoms with Crippen LogP contribution in [0.2, 0.25) is 0 Å². The molecule has 6 nitrogen and oxygen atoms in total. The molecular weight excluding hydrogens is 402 g/mol. The van der Waals surface area contributed by atoms with E-state index in [2.05, 4.69) is 11.4 Å². The predicted octanol–water partition coefficient (Wildman–Crippen LogP) is 5.79. The molecule has 3 aromatic rings. The smallest absolute Gasteiger partial charge is 0.251 e. The second kappa shape index (κ2) is 9.88. The normalized spacial score (nSPS) is 13.7. The predicted molar refractivity (Wildman–Crippen MR) is 123 cm³/mol. The third kappa shape index (κ3) is 5.58. The van der Waals surface area contributed by atoms with E-state index in [0.717, 1.165) is 25.7 Å². The fourth-order valence-corrected chi connectivity index (χ4v) is 3.74. The minimum absolute atomic E-state index is 0.149. The van der Waals surface area contributed by atoms with Gasteiger partial charge in [0.15, 0.2) is 0 Å². The van der Waals surface area contributed by atoms with Crippen LogP contribution in [0.15, 0.2) is 66.7 Å². The molecule has 0 saturated heterocycles. The van der Waals surface area contributed by atoms with Gasteiger partial charge in [0.2, 0.25) is 0 Å². The Morgan fingerprint density at radius 2 is 1.41 bits per heavy atom. The lowest BCUT2D eigenvalue weighted by molar-refractivity contribution is 0.0927. The van der Waals surface area contributed by atoms with Crippen molar-refractivity contribution in [1.82, 2.24) is 5.32 Å². The van der Waals surface area contributed by atoms with Crippen molar-refractivity contribution in [3.63, 3.8) is 0 Å². The van der Waals surface area contributed by atoms with Gasteiger partial charge < -0.3 is 20.5 Å². The van der Waals surface area contributed by atoms with Gasteiger partial charge in [-0.05, 0) is 73.5 Å². The largest absolute Gasteiger partial charge is 0.457 e. The number of hydrogen-bond acceptors (Lipinski definition) is 5. The van der Waals surface area contributed by atoms with Crippen LogP contribution in [0, 0.1) is 11.3 Å². The molecule has 0 heterocycles. The van der Waals surface area contributed by atoms with Crippen LogP contribution in [-0.2, 0) is 0 Å². The number of amides is 1. The number of rotatable bonds is 6. The summed E-state index contributed by atoms with van der Waals surface area (Å²) >= 11 is 0. The third-order valence-electron chi connectivity index (χ3n) is 5.42. The van der Waals surface area contributed by atoms with Gasteiger partial charge in [-0.1, -0.05) is 19.3 Å². The highest BCUT2D eigenvalue weighted by Crippen LogP contribution is 2.31. The Morgan fingerprint density at radius 1 is 0.844 bits per heavy atom. The van der Waals surface area contributed by atoms with Crippen LogP contribution in [0.4, 0.5) is 5.69 Å². The molecule has 3 aromatic carbocycles. The van der Waals surface area contributed by atoms with Gasteiger partial charge >= 0.3 is 0 Å². The van der Waals surface area contributed by atoms with Gasteiger partial charge in [-0.3, -0.25) is 4.79 Å². The second-order valence-electron chi connectivity index (χ2n) is 7.91. The van der Waals surface area contributed by atoms with E-state index in [1.54, 1.807) is 66.7 Å². The number of benzene rings is 3. The van der Waals surface area contributed by atoms with Crippen LogP contribution in [0.25, 0.3) is 0 Å².